The highest BCUT2D eigenvalue weighted by atomic mass is 35.5. The Kier molecular flexibility index (Phi) is 4.73. The molecule has 0 aliphatic carbocycles. The summed E-state index contributed by atoms with van der Waals surface area (Å²) in [5.74, 6) is 0.379. The average Bonchev–Trinajstić information content (AvgIpc) is 2.98. The average molecular weight is 384 g/mol. The first-order valence-electron chi connectivity index (χ1n) is 7.34. The number of alkyl halides is 3. The van der Waals surface area contributed by atoms with Gasteiger partial charge in [-0.05, 0) is 17.2 Å². The van der Waals surface area contributed by atoms with Crippen molar-refractivity contribution < 1.29 is 17.9 Å². The van der Waals surface area contributed by atoms with Gasteiger partial charge in [-0.1, -0.05) is 24.3 Å². The molecule has 0 bridgehead atoms. The number of nitrogens with two attached hydrogens (primary N) is 1. The van der Waals surface area contributed by atoms with E-state index in [2.05, 4.69) is 15.0 Å². The second-order valence-electron chi connectivity index (χ2n) is 5.44. The van der Waals surface area contributed by atoms with Crippen molar-refractivity contribution in [2.75, 3.05) is 5.73 Å². The third-order valence-electron chi connectivity index (χ3n) is 3.51. The van der Waals surface area contributed by atoms with Gasteiger partial charge in [-0.25, -0.2) is 9.97 Å². The van der Waals surface area contributed by atoms with E-state index in [1.165, 1.54) is 17.8 Å². The number of nitrogens with zero attached hydrogens (tertiary/aromatic N) is 4. The predicted octanol–water partition coefficient (Wildman–Crippen LogP) is 3.71. The molecule has 3 aromatic rings. The van der Waals surface area contributed by atoms with Crippen molar-refractivity contribution in [1.82, 2.24) is 19.5 Å². The van der Waals surface area contributed by atoms with Crippen molar-refractivity contribution >= 4 is 17.3 Å². The summed E-state index contributed by atoms with van der Waals surface area (Å²) >= 11 is 5.69. The summed E-state index contributed by atoms with van der Waals surface area (Å²) in [6.45, 7) is 0.159. The number of halogens is 4. The topological polar surface area (TPSA) is 78.8 Å². The van der Waals surface area contributed by atoms with Gasteiger partial charge in [0.15, 0.2) is 5.69 Å². The van der Waals surface area contributed by atoms with Gasteiger partial charge in [0, 0.05) is 18.8 Å². The lowest BCUT2D eigenvalue weighted by Gasteiger charge is -2.08. The van der Waals surface area contributed by atoms with Crippen LogP contribution in [0, 0.1) is 0 Å². The Balaban J connectivity index is 1.75. The van der Waals surface area contributed by atoms with E-state index in [4.69, 9.17) is 22.1 Å². The Bertz CT molecular complexity index is 925. The van der Waals surface area contributed by atoms with Crippen LogP contribution in [0.5, 0.6) is 5.88 Å². The van der Waals surface area contributed by atoms with Gasteiger partial charge in [0.05, 0.1) is 6.20 Å². The van der Waals surface area contributed by atoms with E-state index < -0.39 is 11.9 Å². The summed E-state index contributed by atoms with van der Waals surface area (Å²) in [6, 6.07) is 6.77. The molecule has 0 unspecified atom stereocenters. The largest absolute Gasteiger partial charge is 0.471 e. The van der Waals surface area contributed by atoms with Crippen LogP contribution in [-0.4, -0.2) is 19.5 Å². The number of rotatable bonds is 4. The van der Waals surface area contributed by atoms with Gasteiger partial charge in [0.2, 0.25) is 11.2 Å². The van der Waals surface area contributed by atoms with Crippen LogP contribution < -0.4 is 10.5 Å². The lowest BCUT2D eigenvalue weighted by Crippen LogP contribution is -2.04. The summed E-state index contributed by atoms with van der Waals surface area (Å²) in [5.41, 5.74) is 6.34. The minimum atomic E-state index is -4.48. The highest BCUT2D eigenvalue weighted by molar-refractivity contribution is 6.28. The van der Waals surface area contributed by atoms with Crippen LogP contribution >= 0.6 is 11.6 Å². The Morgan fingerprint density at radius 2 is 1.88 bits per heavy atom. The molecule has 0 aliphatic rings. The fourth-order valence-electron chi connectivity index (χ4n) is 2.24. The predicted molar refractivity (Wildman–Crippen MR) is 89.4 cm³/mol. The highest BCUT2D eigenvalue weighted by Gasteiger charge is 2.34. The van der Waals surface area contributed by atoms with Crippen molar-refractivity contribution in [1.29, 1.82) is 0 Å². The molecule has 0 fully saturated rings. The third-order valence-corrected chi connectivity index (χ3v) is 3.69. The van der Waals surface area contributed by atoms with Gasteiger partial charge in [0.1, 0.15) is 18.1 Å². The van der Waals surface area contributed by atoms with E-state index >= 15 is 0 Å². The summed E-state index contributed by atoms with van der Waals surface area (Å²) in [7, 11) is 1.51. The number of aromatic nitrogens is 4. The third kappa shape index (κ3) is 3.88. The maximum absolute atomic E-state index is 12.8. The molecule has 2 aromatic heterocycles. The first kappa shape index (κ1) is 18.0. The molecule has 1 aromatic carbocycles. The highest BCUT2D eigenvalue weighted by Crippen LogP contribution is 2.30. The molecule has 10 heteroatoms. The molecule has 26 heavy (non-hydrogen) atoms. The lowest BCUT2D eigenvalue weighted by molar-refractivity contribution is -0.140. The van der Waals surface area contributed by atoms with Crippen LogP contribution in [0.4, 0.5) is 18.9 Å². The number of nitrogen functional groups attached to an aromatic ring is 1. The number of hydrogen-bond acceptors (Lipinski definition) is 5. The van der Waals surface area contributed by atoms with Crippen molar-refractivity contribution in [3.8, 4) is 17.3 Å². The zero-order valence-corrected chi connectivity index (χ0v) is 14.2. The molecule has 2 heterocycles. The van der Waals surface area contributed by atoms with Crippen LogP contribution in [0.2, 0.25) is 5.28 Å². The standard InChI is InChI=1S/C16H13ClF3N5O/c1-25-7-12(16(18,19)20)23-13(25)10-4-2-9(3-5-10)8-26-14-11(21)6-22-15(17)24-14/h2-7H,8,21H2,1H3. The number of benzene rings is 1. The molecular weight excluding hydrogens is 371 g/mol. The SMILES string of the molecule is Cn1cc(C(F)(F)F)nc1-c1ccc(COc2nc(Cl)ncc2N)cc1. The zero-order chi connectivity index (χ0) is 18.9. The molecule has 3 rings (SSSR count). The van der Waals surface area contributed by atoms with Gasteiger partial charge in [0.25, 0.3) is 0 Å². The Hall–Kier alpha value is -2.81. The molecule has 0 aliphatic heterocycles. The summed E-state index contributed by atoms with van der Waals surface area (Å²) < 4.78 is 45.1. The molecule has 0 saturated carbocycles. The van der Waals surface area contributed by atoms with E-state index in [0.717, 1.165) is 11.8 Å². The Morgan fingerprint density at radius 1 is 1.19 bits per heavy atom. The van der Waals surface area contributed by atoms with Gasteiger partial charge in [-0.2, -0.15) is 18.2 Å². The van der Waals surface area contributed by atoms with E-state index in [-0.39, 0.29) is 29.3 Å². The number of hydrogen-bond donors (Lipinski definition) is 1. The quantitative estimate of drug-likeness (QED) is 0.695. The lowest BCUT2D eigenvalue weighted by atomic mass is 10.1. The van der Waals surface area contributed by atoms with E-state index in [1.54, 1.807) is 24.3 Å². The summed E-state index contributed by atoms with van der Waals surface area (Å²) in [5, 5.41) is 0.0137. The van der Waals surface area contributed by atoms with Crippen molar-refractivity contribution in [3.63, 3.8) is 0 Å². The normalized spacial score (nSPS) is 11.6. The van der Waals surface area contributed by atoms with Crippen molar-refractivity contribution in [2.24, 2.45) is 7.05 Å². The molecule has 0 atom stereocenters. The monoisotopic (exact) mass is 383 g/mol. The minimum absolute atomic E-state index is 0.0137. The molecule has 2 N–H and O–H groups in total. The maximum Gasteiger partial charge on any atom is 0.434 e. The molecule has 0 radical (unpaired) electrons. The van der Waals surface area contributed by atoms with Gasteiger partial charge < -0.3 is 15.0 Å². The number of ether oxygens (including phenoxy) is 1. The van der Waals surface area contributed by atoms with Crippen LogP contribution in [0.15, 0.2) is 36.7 Å². The zero-order valence-electron chi connectivity index (χ0n) is 13.5. The van der Waals surface area contributed by atoms with Crippen LogP contribution in [-0.2, 0) is 19.8 Å². The molecule has 0 spiro atoms. The second-order valence-corrected chi connectivity index (χ2v) is 5.78. The Labute approximate surface area is 151 Å². The minimum Gasteiger partial charge on any atom is -0.471 e. The van der Waals surface area contributed by atoms with Crippen LogP contribution in [0.3, 0.4) is 0 Å². The molecule has 6 nitrogen and oxygen atoms in total. The molecule has 0 saturated heterocycles. The molecular formula is C16H13ClF3N5O. The van der Waals surface area contributed by atoms with Gasteiger partial charge in [-0.3, -0.25) is 0 Å². The van der Waals surface area contributed by atoms with Crippen molar-refractivity contribution in [3.05, 3.63) is 53.2 Å². The second kappa shape index (κ2) is 6.83. The molecule has 0 amide bonds. The summed E-state index contributed by atoms with van der Waals surface area (Å²) in [6.07, 6.45) is -2.19. The fraction of sp³-hybridized carbons (Fsp3) is 0.188. The number of anilines is 1. The maximum atomic E-state index is 12.8. The van der Waals surface area contributed by atoms with Gasteiger partial charge in [-0.15, -0.1) is 0 Å². The fourth-order valence-corrected chi connectivity index (χ4v) is 2.37. The first-order chi connectivity index (χ1) is 12.2. The van der Waals surface area contributed by atoms with E-state index in [0.29, 0.717) is 5.56 Å². The summed E-state index contributed by atoms with van der Waals surface area (Å²) in [4.78, 5) is 11.3. The number of aryl methyl sites for hydroxylation is 1. The smallest absolute Gasteiger partial charge is 0.434 e. The van der Waals surface area contributed by atoms with Crippen LogP contribution in [0.25, 0.3) is 11.4 Å². The van der Waals surface area contributed by atoms with E-state index in [1.807, 2.05) is 0 Å². The first-order valence-corrected chi connectivity index (χ1v) is 7.72. The molecule has 136 valence electrons. The Morgan fingerprint density at radius 3 is 2.50 bits per heavy atom. The van der Waals surface area contributed by atoms with E-state index in [9.17, 15) is 13.2 Å². The van der Waals surface area contributed by atoms with Crippen molar-refractivity contribution in [2.45, 2.75) is 12.8 Å². The number of imidazole rings is 1. The van der Waals surface area contributed by atoms with Gasteiger partial charge >= 0.3 is 6.18 Å². The van der Waals surface area contributed by atoms with Crippen LogP contribution in [0.1, 0.15) is 11.3 Å².